The van der Waals surface area contributed by atoms with E-state index in [0.29, 0.717) is 10.9 Å². The first-order valence-corrected chi connectivity index (χ1v) is 10.9. The van der Waals surface area contributed by atoms with Gasteiger partial charge in [0.2, 0.25) is 10.0 Å². The lowest BCUT2D eigenvalue weighted by atomic mass is 10.2. The van der Waals surface area contributed by atoms with Gasteiger partial charge in [0, 0.05) is 27.2 Å². The van der Waals surface area contributed by atoms with Crippen molar-refractivity contribution in [2.45, 2.75) is 18.4 Å². The number of halogens is 2. The monoisotopic (exact) mass is 415 g/mol. The van der Waals surface area contributed by atoms with Gasteiger partial charge < -0.3 is 5.11 Å². The Kier molecular flexibility index (Phi) is 5.83. The maximum absolute atomic E-state index is 13.2. The number of thiophene rings is 2. The van der Waals surface area contributed by atoms with Crippen LogP contribution in [-0.2, 0) is 22.3 Å². The minimum atomic E-state index is -3.76. The zero-order chi connectivity index (χ0) is 18.7. The lowest BCUT2D eigenvalue weighted by Gasteiger charge is -2.07. The Hall–Kier alpha value is -1.65. The number of hydrogen-bond donors (Lipinski definition) is 2. The number of aliphatic hydroxyl groups is 1. The van der Waals surface area contributed by atoms with Crippen LogP contribution in [0.1, 0.15) is 26.3 Å². The Morgan fingerprint density at radius 3 is 2.46 bits per heavy atom. The van der Waals surface area contributed by atoms with Crippen molar-refractivity contribution in [1.82, 2.24) is 4.72 Å². The van der Waals surface area contributed by atoms with Crippen molar-refractivity contribution in [3.05, 3.63) is 79.7 Å². The van der Waals surface area contributed by atoms with Crippen LogP contribution in [0.2, 0.25) is 0 Å². The van der Waals surface area contributed by atoms with Crippen molar-refractivity contribution in [2.24, 2.45) is 0 Å². The normalized spacial score (nSPS) is 13.0. The average Bonchev–Trinajstić information content (AvgIpc) is 3.23. The molecule has 3 rings (SSSR count). The van der Waals surface area contributed by atoms with Gasteiger partial charge in [-0.15, -0.1) is 22.7 Å². The molecular weight excluding hydrogens is 400 g/mol. The molecule has 1 aromatic carbocycles. The van der Waals surface area contributed by atoms with Crippen LogP contribution in [0.3, 0.4) is 0 Å². The summed E-state index contributed by atoms with van der Waals surface area (Å²) in [7, 11) is -3.76. The molecule has 4 nitrogen and oxygen atoms in total. The van der Waals surface area contributed by atoms with Gasteiger partial charge in [0.05, 0.1) is 5.75 Å². The second-order valence-electron chi connectivity index (χ2n) is 5.58. The lowest BCUT2D eigenvalue weighted by molar-refractivity contribution is 0.228. The molecule has 0 aliphatic heterocycles. The molecule has 0 saturated heterocycles. The average molecular weight is 416 g/mol. The van der Waals surface area contributed by atoms with Crippen LogP contribution in [0.4, 0.5) is 8.78 Å². The largest absolute Gasteiger partial charge is 0.382 e. The molecule has 2 N–H and O–H groups in total. The number of aliphatic hydroxyl groups excluding tert-OH is 1. The minimum Gasteiger partial charge on any atom is -0.382 e. The standard InChI is InChI=1S/C17H15F2NO3S3/c18-12-6-11(7-13(19)8-12)10-26(22,23)20-9-14-3-4-16(25-14)17(21)15-2-1-5-24-15/h1-8,17,20-21H,9-10H2. The highest BCUT2D eigenvalue weighted by atomic mass is 32.2. The van der Waals surface area contributed by atoms with Crippen LogP contribution in [0.5, 0.6) is 0 Å². The molecule has 2 heterocycles. The van der Waals surface area contributed by atoms with E-state index in [2.05, 4.69) is 4.72 Å². The summed E-state index contributed by atoms with van der Waals surface area (Å²) in [5.74, 6) is -2.15. The maximum atomic E-state index is 13.2. The van der Waals surface area contributed by atoms with Crippen LogP contribution in [0.25, 0.3) is 0 Å². The highest BCUT2D eigenvalue weighted by Crippen LogP contribution is 2.30. The molecule has 3 aromatic rings. The topological polar surface area (TPSA) is 66.4 Å². The highest BCUT2D eigenvalue weighted by molar-refractivity contribution is 7.88. The zero-order valence-corrected chi connectivity index (χ0v) is 15.8. The Morgan fingerprint density at radius 1 is 1.08 bits per heavy atom. The maximum Gasteiger partial charge on any atom is 0.216 e. The summed E-state index contributed by atoms with van der Waals surface area (Å²) in [6, 6.07) is 9.83. The van der Waals surface area contributed by atoms with E-state index in [9.17, 15) is 22.3 Å². The first-order chi connectivity index (χ1) is 12.3. The summed E-state index contributed by atoms with van der Waals surface area (Å²) in [5.41, 5.74) is 0.0370. The SMILES string of the molecule is O=S(=O)(Cc1cc(F)cc(F)c1)NCc1ccc(C(O)c2cccs2)s1. The van der Waals surface area contributed by atoms with Gasteiger partial charge in [0.1, 0.15) is 17.7 Å². The summed E-state index contributed by atoms with van der Waals surface area (Å²) in [5, 5.41) is 12.2. The fourth-order valence-electron chi connectivity index (χ4n) is 2.37. The molecule has 0 radical (unpaired) electrons. The first kappa shape index (κ1) is 19.1. The van der Waals surface area contributed by atoms with E-state index in [1.54, 1.807) is 12.1 Å². The third kappa shape index (κ3) is 4.95. The number of sulfonamides is 1. The van der Waals surface area contributed by atoms with Crippen molar-refractivity contribution < 1.29 is 22.3 Å². The van der Waals surface area contributed by atoms with E-state index in [1.807, 2.05) is 17.5 Å². The Labute approximate surface area is 157 Å². The Morgan fingerprint density at radius 2 is 1.81 bits per heavy atom. The predicted molar refractivity (Wildman–Crippen MR) is 98.5 cm³/mol. The molecule has 26 heavy (non-hydrogen) atoms. The van der Waals surface area contributed by atoms with Crippen LogP contribution >= 0.6 is 22.7 Å². The third-order valence-corrected chi connectivity index (χ3v) is 6.87. The lowest BCUT2D eigenvalue weighted by Crippen LogP contribution is -2.24. The fourth-order valence-corrected chi connectivity index (χ4v) is 5.30. The van der Waals surface area contributed by atoms with E-state index in [4.69, 9.17) is 0 Å². The van der Waals surface area contributed by atoms with E-state index < -0.39 is 33.5 Å². The molecule has 138 valence electrons. The summed E-state index contributed by atoms with van der Waals surface area (Å²) in [4.78, 5) is 2.26. The van der Waals surface area contributed by atoms with Crippen LogP contribution < -0.4 is 4.72 Å². The first-order valence-electron chi connectivity index (χ1n) is 7.55. The van der Waals surface area contributed by atoms with Gasteiger partial charge in [-0.1, -0.05) is 6.07 Å². The summed E-state index contributed by atoms with van der Waals surface area (Å²) >= 11 is 2.74. The molecule has 0 spiro atoms. The number of rotatable bonds is 7. The second kappa shape index (κ2) is 7.93. The number of nitrogens with one attached hydrogen (secondary N) is 1. The van der Waals surface area contributed by atoms with Crippen molar-refractivity contribution in [1.29, 1.82) is 0 Å². The van der Waals surface area contributed by atoms with Crippen molar-refractivity contribution in [2.75, 3.05) is 0 Å². The number of benzene rings is 1. The molecule has 2 aromatic heterocycles. The van der Waals surface area contributed by atoms with Crippen LogP contribution in [0, 0.1) is 11.6 Å². The van der Waals surface area contributed by atoms with Crippen LogP contribution in [-0.4, -0.2) is 13.5 Å². The molecule has 1 atom stereocenters. The zero-order valence-electron chi connectivity index (χ0n) is 13.4. The van der Waals surface area contributed by atoms with Gasteiger partial charge >= 0.3 is 0 Å². The van der Waals surface area contributed by atoms with Gasteiger partial charge in [-0.2, -0.15) is 0 Å². The van der Waals surface area contributed by atoms with Crippen LogP contribution in [0.15, 0.2) is 47.8 Å². The molecule has 0 saturated carbocycles. The molecule has 0 fully saturated rings. The van der Waals surface area contributed by atoms with Crippen molar-refractivity contribution in [3.8, 4) is 0 Å². The molecule has 0 aliphatic rings. The summed E-state index contributed by atoms with van der Waals surface area (Å²) < 4.78 is 53.0. The highest BCUT2D eigenvalue weighted by Gasteiger charge is 2.16. The van der Waals surface area contributed by atoms with E-state index in [-0.39, 0.29) is 12.1 Å². The fraction of sp³-hybridized carbons (Fsp3) is 0.176. The third-order valence-electron chi connectivity index (χ3n) is 3.51. The minimum absolute atomic E-state index is 0.0370. The molecule has 0 aliphatic carbocycles. The Balaban J connectivity index is 1.63. The van der Waals surface area contributed by atoms with Gasteiger partial charge in [-0.05, 0) is 41.3 Å². The van der Waals surface area contributed by atoms with E-state index in [0.717, 1.165) is 21.9 Å². The second-order valence-corrected chi connectivity index (χ2v) is 9.57. The number of hydrogen-bond acceptors (Lipinski definition) is 5. The van der Waals surface area contributed by atoms with E-state index >= 15 is 0 Å². The van der Waals surface area contributed by atoms with Crippen molar-refractivity contribution >= 4 is 32.7 Å². The summed E-state index contributed by atoms with van der Waals surface area (Å²) in [6.07, 6.45) is -0.736. The van der Waals surface area contributed by atoms with Gasteiger partial charge in [-0.3, -0.25) is 0 Å². The summed E-state index contributed by atoms with van der Waals surface area (Å²) in [6.45, 7) is 0.0436. The molecule has 0 bridgehead atoms. The van der Waals surface area contributed by atoms with E-state index in [1.165, 1.54) is 22.7 Å². The van der Waals surface area contributed by atoms with Gasteiger partial charge in [0.15, 0.2) is 0 Å². The van der Waals surface area contributed by atoms with Crippen molar-refractivity contribution in [3.63, 3.8) is 0 Å². The smallest absolute Gasteiger partial charge is 0.216 e. The Bertz CT molecular complexity index is 964. The van der Waals surface area contributed by atoms with Gasteiger partial charge in [-0.25, -0.2) is 21.9 Å². The molecule has 9 heteroatoms. The molecule has 0 amide bonds. The quantitative estimate of drug-likeness (QED) is 0.617. The van der Waals surface area contributed by atoms with Gasteiger partial charge in [0.25, 0.3) is 0 Å². The predicted octanol–water partition coefficient (Wildman–Crippen LogP) is 3.79. The molecule has 1 unspecified atom stereocenters. The molecular formula is C17H15F2NO3S3.